The van der Waals surface area contributed by atoms with Crippen LogP contribution in [0.5, 0.6) is 0 Å². The number of benzene rings is 1. The Morgan fingerprint density at radius 1 is 1.12 bits per heavy atom. The number of fused-ring (bicyclic) bond motifs is 1. The third-order valence-electron chi connectivity index (χ3n) is 5.66. The highest BCUT2D eigenvalue weighted by molar-refractivity contribution is 6.23. The van der Waals surface area contributed by atoms with E-state index in [4.69, 9.17) is 4.65 Å². The fraction of sp³-hybridized carbons (Fsp3) is 0.227. The summed E-state index contributed by atoms with van der Waals surface area (Å²) in [5.74, 6) is 0.168. The Morgan fingerprint density at radius 3 is 2.85 bits per heavy atom. The topological polar surface area (TPSA) is 112 Å². The normalized spacial score (nSPS) is 14.4. The van der Waals surface area contributed by atoms with Gasteiger partial charge in [0, 0.05) is 56.6 Å². The second-order valence-corrected chi connectivity index (χ2v) is 7.81. The number of anilines is 2. The molecular formula is C22H23BN8O2. The van der Waals surface area contributed by atoms with E-state index in [1.807, 2.05) is 24.3 Å². The first-order valence-corrected chi connectivity index (χ1v) is 10.7. The summed E-state index contributed by atoms with van der Waals surface area (Å²) >= 11 is 0. The Kier molecular flexibility index (Phi) is 5.96. The van der Waals surface area contributed by atoms with E-state index < -0.39 is 0 Å². The maximum atomic E-state index is 13.1. The molecule has 1 aliphatic heterocycles. The molecule has 11 heteroatoms. The van der Waals surface area contributed by atoms with Gasteiger partial charge in [0.1, 0.15) is 5.69 Å². The first-order chi connectivity index (χ1) is 16.2. The molecule has 10 nitrogen and oxygen atoms in total. The van der Waals surface area contributed by atoms with Crippen LogP contribution in [-0.2, 0) is 4.65 Å². The maximum absolute atomic E-state index is 13.1. The van der Waals surface area contributed by atoms with E-state index in [0.717, 1.165) is 48.3 Å². The summed E-state index contributed by atoms with van der Waals surface area (Å²) in [7, 11) is 2.33. The van der Waals surface area contributed by atoms with Crippen LogP contribution in [0.2, 0.25) is 0 Å². The van der Waals surface area contributed by atoms with Crippen LogP contribution in [0.1, 0.15) is 10.5 Å². The molecule has 33 heavy (non-hydrogen) atoms. The van der Waals surface area contributed by atoms with Gasteiger partial charge in [-0.05, 0) is 30.3 Å². The molecule has 0 bridgehead atoms. The average Bonchev–Trinajstić information content (AvgIpc) is 3.33. The maximum Gasteiger partial charge on any atom is 0.363 e. The van der Waals surface area contributed by atoms with Gasteiger partial charge >= 0.3 is 7.62 Å². The molecule has 0 atom stereocenters. The molecule has 0 spiro atoms. The summed E-state index contributed by atoms with van der Waals surface area (Å²) < 4.78 is 5.23. The minimum absolute atomic E-state index is 0.284. The highest BCUT2D eigenvalue weighted by atomic mass is 16.4. The van der Waals surface area contributed by atoms with Gasteiger partial charge in [-0.25, -0.2) is 9.97 Å². The molecule has 0 saturated carbocycles. The second-order valence-electron chi connectivity index (χ2n) is 7.81. The van der Waals surface area contributed by atoms with Crippen molar-refractivity contribution >= 4 is 35.8 Å². The number of aromatic amines is 1. The third-order valence-corrected chi connectivity index (χ3v) is 5.66. The number of H-pyrrole nitrogens is 1. The van der Waals surface area contributed by atoms with Crippen molar-refractivity contribution in [3.8, 4) is 11.4 Å². The molecule has 1 amide bonds. The van der Waals surface area contributed by atoms with Crippen LogP contribution in [-0.4, -0.2) is 76.8 Å². The van der Waals surface area contributed by atoms with E-state index >= 15 is 0 Å². The van der Waals surface area contributed by atoms with Crippen molar-refractivity contribution in [1.29, 1.82) is 0 Å². The predicted octanol–water partition coefficient (Wildman–Crippen LogP) is 1.70. The monoisotopic (exact) mass is 442 g/mol. The number of pyridine rings is 1. The lowest BCUT2D eigenvalue weighted by Gasteiger charge is -2.36. The lowest BCUT2D eigenvalue weighted by atomic mass is 10.1. The van der Waals surface area contributed by atoms with Gasteiger partial charge in [-0.3, -0.25) is 14.9 Å². The van der Waals surface area contributed by atoms with Crippen LogP contribution in [0.25, 0.3) is 22.3 Å². The Balaban J connectivity index is 1.34. The quantitative estimate of drug-likeness (QED) is 0.434. The van der Waals surface area contributed by atoms with Crippen LogP contribution >= 0.6 is 0 Å². The van der Waals surface area contributed by atoms with Crippen molar-refractivity contribution in [3.63, 3.8) is 0 Å². The Bertz CT molecular complexity index is 1270. The fourth-order valence-corrected chi connectivity index (χ4v) is 3.95. The smallest absolute Gasteiger partial charge is 0.363 e. The minimum Gasteiger partial charge on any atom is -0.427 e. The second kappa shape index (κ2) is 9.35. The molecule has 1 fully saturated rings. The molecule has 1 saturated heterocycles. The van der Waals surface area contributed by atoms with Crippen LogP contribution in [0.4, 0.5) is 11.4 Å². The molecule has 0 radical (unpaired) electrons. The van der Waals surface area contributed by atoms with Crippen molar-refractivity contribution in [2.24, 2.45) is 0 Å². The largest absolute Gasteiger partial charge is 0.427 e. The van der Waals surface area contributed by atoms with Gasteiger partial charge in [0.2, 0.25) is 0 Å². The molecule has 0 aliphatic carbocycles. The molecule has 1 aliphatic rings. The number of hydrogen-bond donors (Lipinski definition) is 2. The fourth-order valence-electron chi connectivity index (χ4n) is 3.95. The van der Waals surface area contributed by atoms with Crippen molar-refractivity contribution in [2.45, 2.75) is 0 Å². The lowest BCUT2D eigenvalue weighted by Crippen LogP contribution is -2.48. The Morgan fingerprint density at radius 2 is 2.00 bits per heavy atom. The molecule has 166 valence electrons. The highest BCUT2D eigenvalue weighted by Crippen LogP contribution is 2.26. The predicted molar refractivity (Wildman–Crippen MR) is 127 cm³/mol. The standard InChI is InChI=1S/C22H23BN8O2/c1-33-23-31-10-8-30(9-11-31)20-5-6-24-14-19(20)28-22(32)18-4-7-25-21(27-18)15-2-3-17-16(12-15)13-26-29-17/h2-7,12-14,23H,8-11H2,1H3,(H,26,29)(H,28,32). The summed E-state index contributed by atoms with van der Waals surface area (Å²) in [5, 5.41) is 10.9. The Hall–Kier alpha value is -3.83. The summed E-state index contributed by atoms with van der Waals surface area (Å²) in [6, 6.07) is 9.29. The zero-order chi connectivity index (χ0) is 22.6. The van der Waals surface area contributed by atoms with Gasteiger partial charge in [-0.2, -0.15) is 5.10 Å². The molecule has 4 aromatic rings. The first kappa shape index (κ1) is 21.0. The molecule has 3 aromatic heterocycles. The van der Waals surface area contributed by atoms with Crippen LogP contribution < -0.4 is 10.2 Å². The summed E-state index contributed by atoms with van der Waals surface area (Å²) in [5.41, 5.74) is 3.62. The number of nitrogens with one attached hydrogen (secondary N) is 2. The summed E-state index contributed by atoms with van der Waals surface area (Å²) in [4.78, 5) is 30.6. The van der Waals surface area contributed by atoms with Gasteiger partial charge in [0.25, 0.3) is 5.91 Å². The zero-order valence-corrected chi connectivity index (χ0v) is 18.2. The van der Waals surface area contributed by atoms with E-state index in [2.05, 4.69) is 40.2 Å². The van der Waals surface area contributed by atoms with Crippen LogP contribution in [0, 0.1) is 0 Å². The van der Waals surface area contributed by atoms with Gasteiger partial charge < -0.3 is 19.7 Å². The summed E-state index contributed by atoms with van der Waals surface area (Å²) in [6.07, 6.45) is 6.75. The van der Waals surface area contributed by atoms with E-state index in [-0.39, 0.29) is 11.6 Å². The molecule has 2 N–H and O–H groups in total. The number of aromatic nitrogens is 5. The lowest BCUT2D eigenvalue weighted by molar-refractivity contribution is 0.102. The van der Waals surface area contributed by atoms with E-state index in [1.54, 1.807) is 38.0 Å². The van der Waals surface area contributed by atoms with Crippen molar-refractivity contribution in [2.75, 3.05) is 43.5 Å². The molecule has 4 heterocycles. The number of hydrogen-bond acceptors (Lipinski definition) is 8. The number of piperazine rings is 1. The van der Waals surface area contributed by atoms with Crippen LogP contribution in [0.15, 0.2) is 55.1 Å². The van der Waals surface area contributed by atoms with E-state index in [0.29, 0.717) is 19.1 Å². The first-order valence-electron chi connectivity index (χ1n) is 10.7. The van der Waals surface area contributed by atoms with E-state index in [9.17, 15) is 4.79 Å². The van der Waals surface area contributed by atoms with Gasteiger partial charge in [0.15, 0.2) is 5.82 Å². The number of amides is 1. The zero-order valence-electron chi connectivity index (χ0n) is 18.2. The van der Waals surface area contributed by atoms with Gasteiger partial charge in [-0.1, -0.05) is 0 Å². The number of rotatable bonds is 6. The number of nitrogens with zero attached hydrogens (tertiary/aromatic N) is 6. The molecule has 0 unspecified atom stereocenters. The van der Waals surface area contributed by atoms with E-state index in [1.165, 1.54) is 0 Å². The SMILES string of the molecule is COBN1CCN(c2ccncc2NC(=O)c2ccnc(-c3ccc4[nH]ncc4c3)n2)CC1. The minimum atomic E-state index is -0.310. The summed E-state index contributed by atoms with van der Waals surface area (Å²) in [6.45, 7) is 3.45. The van der Waals surface area contributed by atoms with Crippen molar-refractivity contribution in [3.05, 3.63) is 60.8 Å². The average molecular weight is 442 g/mol. The number of carbonyl (C=O) groups is 1. The van der Waals surface area contributed by atoms with Crippen LogP contribution in [0.3, 0.4) is 0 Å². The van der Waals surface area contributed by atoms with Gasteiger partial charge in [0.05, 0.1) is 29.3 Å². The number of carbonyl (C=O) groups excluding carboxylic acids is 1. The third kappa shape index (κ3) is 4.54. The molecule has 1 aromatic carbocycles. The molecular weight excluding hydrogens is 419 g/mol. The van der Waals surface area contributed by atoms with Crippen molar-refractivity contribution < 1.29 is 9.45 Å². The van der Waals surface area contributed by atoms with Gasteiger partial charge in [-0.15, -0.1) is 0 Å². The Labute approximate surface area is 191 Å². The molecule has 5 rings (SSSR count). The van der Waals surface area contributed by atoms with Crippen molar-refractivity contribution in [1.82, 2.24) is 30.0 Å². The highest BCUT2D eigenvalue weighted by Gasteiger charge is 2.21.